The molecule has 1 aliphatic heterocycles. The number of nitrogens with two attached hydrogens (primary N) is 1. The van der Waals surface area contributed by atoms with Gasteiger partial charge in [-0.25, -0.2) is 0 Å². The summed E-state index contributed by atoms with van der Waals surface area (Å²) in [4.78, 5) is 0. The maximum Gasteiger partial charge on any atom is 0.0510 e. The fraction of sp³-hybridized carbons (Fsp3) is 0.600. The van der Waals surface area contributed by atoms with E-state index in [0.717, 1.165) is 19.6 Å². The molecule has 2 aliphatic rings. The first-order valence-corrected chi connectivity index (χ1v) is 6.96. The molecule has 2 unspecified atom stereocenters. The molecule has 98 valence electrons. The van der Waals surface area contributed by atoms with Gasteiger partial charge in [0.2, 0.25) is 0 Å². The minimum atomic E-state index is 0.231. The largest absolute Gasteiger partial charge is 0.381 e. The standard InChI is InChI=1S/C15H22N2O/c16-17-14(12-7-10-18-11-12)15(8-4-9-15)13-5-2-1-3-6-13/h1-3,5-6,12,14,17H,4,7-11,16H2. The molecule has 1 aromatic carbocycles. The lowest BCUT2D eigenvalue weighted by atomic mass is 9.57. The second kappa shape index (κ2) is 5.00. The van der Waals surface area contributed by atoms with Crippen LogP contribution in [0.4, 0.5) is 0 Å². The summed E-state index contributed by atoms with van der Waals surface area (Å²) in [5, 5.41) is 0. The van der Waals surface area contributed by atoms with Crippen LogP contribution < -0.4 is 11.3 Å². The van der Waals surface area contributed by atoms with E-state index in [2.05, 4.69) is 35.8 Å². The molecule has 0 bridgehead atoms. The van der Waals surface area contributed by atoms with E-state index in [1.54, 1.807) is 0 Å². The lowest BCUT2D eigenvalue weighted by Gasteiger charge is -2.50. The molecule has 1 aromatic rings. The summed E-state index contributed by atoms with van der Waals surface area (Å²) in [6.45, 7) is 1.73. The highest BCUT2D eigenvalue weighted by Crippen LogP contribution is 2.49. The smallest absolute Gasteiger partial charge is 0.0510 e. The maximum atomic E-state index is 5.88. The van der Waals surface area contributed by atoms with Crippen molar-refractivity contribution in [3.8, 4) is 0 Å². The second-order valence-electron chi connectivity index (χ2n) is 5.64. The van der Waals surface area contributed by atoms with Gasteiger partial charge in [0.05, 0.1) is 6.61 Å². The van der Waals surface area contributed by atoms with Crippen LogP contribution in [-0.2, 0) is 10.2 Å². The number of hydrazine groups is 1. The summed E-state index contributed by atoms with van der Waals surface area (Å²) in [5.74, 6) is 6.43. The molecular weight excluding hydrogens is 224 g/mol. The van der Waals surface area contributed by atoms with E-state index in [1.807, 2.05) is 0 Å². The molecule has 0 aromatic heterocycles. The van der Waals surface area contributed by atoms with Crippen molar-refractivity contribution in [2.24, 2.45) is 11.8 Å². The highest BCUT2D eigenvalue weighted by Gasteiger charge is 2.48. The van der Waals surface area contributed by atoms with E-state index in [1.165, 1.54) is 24.8 Å². The first-order chi connectivity index (χ1) is 8.87. The van der Waals surface area contributed by atoms with Gasteiger partial charge in [0.25, 0.3) is 0 Å². The lowest BCUT2D eigenvalue weighted by molar-refractivity contribution is 0.108. The third-order valence-corrected chi connectivity index (χ3v) is 4.81. The van der Waals surface area contributed by atoms with Crippen molar-refractivity contribution in [2.75, 3.05) is 13.2 Å². The van der Waals surface area contributed by atoms with Gasteiger partial charge in [-0.2, -0.15) is 0 Å². The van der Waals surface area contributed by atoms with Crippen LogP contribution in [0.15, 0.2) is 30.3 Å². The Kier molecular flexibility index (Phi) is 3.37. The molecule has 3 N–H and O–H groups in total. The van der Waals surface area contributed by atoms with E-state index < -0.39 is 0 Å². The molecule has 3 rings (SSSR count). The number of hydrogen-bond donors (Lipinski definition) is 2. The summed E-state index contributed by atoms with van der Waals surface area (Å²) >= 11 is 0. The Morgan fingerprint density at radius 2 is 2.06 bits per heavy atom. The highest BCUT2D eigenvalue weighted by atomic mass is 16.5. The quantitative estimate of drug-likeness (QED) is 0.631. The molecule has 1 saturated heterocycles. The topological polar surface area (TPSA) is 47.3 Å². The number of nitrogens with one attached hydrogen (secondary N) is 1. The van der Waals surface area contributed by atoms with Crippen molar-refractivity contribution in [3.05, 3.63) is 35.9 Å². The molecule has 1 saturated carbocycles. The molecular formula is C15H22N2O. The zero-order valence-electron chi connectivity index (χ0n) is 10.8. The molecule has 2 fully saturated rings. The summed E-state index contributed by atoms with van der Waals surface area (Å²) in [6.07, 6.45) is 4.91. The van der Waals surface area contributed by atoms with Crippen LogP contribution in [0.1, 0.15) is 31.2 Å². The Morgan fingerprint density at radius 3 is 2.56 bits per heavy atom. The first kappa shape index (κ1) is 12.2. The van der Waals surface area contributed by atoms with Crippen LogP contribution in [0, 0.1) is 5.92 Å². The number of hydrogen-bond acceptors (Lipinski definition) is 3. The van der Waals surface area contributed by atoms with E-state index in [4.69, 9.17) is 10.6 Å². The predicted octanol–water partition coefficient (Wildman–Crippen LogP) is 1.98. The van der Waals surface area contributed by atoms with E-state index >= 15 is 0 Å². The summed E-state index contributed by atoms with van der Waals surface area (Å²) in [5.41, 5.74) is 4.77. The molecule has 0 spiro atoms. The molecule has 3 heteroatoms. The van der Waals surface area contributed by atoms with Crippen LogP contribution in [0.3, 0.4) is 0 Å². The second-order valence-corrected chi connectivity index (χ2v) is 5.64. The van der Waals surface area contributed by atoms with Gasteiger partial charge >= 0.3 is 0 Å². The number of rotatable bonds is 4. The summed E-state index contributed by atoms with van der Waals surface area (Å²) in [7, 11) is 0. The minimum Gasteiger partial charge on any atom is -0.381 e. The Labute approximate surface area is 109 Å². The van der Waals surface area contributed by atoms with Crippen molar-refractivity contribution in [2.45, 2.75) is 37.1 Å². The summed E-state index contributed by atoms with van der Waals surface area (Å²) < 4.78 is 5.54. The molecule has 1 aliphatic carbocycles. The molecule has 0 radical (unpaired) electrons. The number of benzene rings is 1. The van der Waals surface area contributed by atoms with Crippen molar-refractivity contribution in [1.82, 2.24) is 5.43 Å². The molecule has 3 nitrogen and oxygen atoms in total. The first-order valence-electron chi connectivity index (χ1n) is 6.96. The van der Waals surface area contributed by atoms with Crippen LogP contribution in [0.5, 0.6) is 0 Å². The van der Waals surface area contributed by atoms with Gasteiger partial charge in [-0.1, -0.05) is 36.8 Å². The normalized spacial score (nSPS) is 27.7. The zero-order chi connectivity index (χ0) is 12.4. The van der Waals surface area contributed by atoms with Gasteiger partial charge in [-0.15, -0.1) is 0 Å². The van der Waals surface area contributed by atoms with Crippen LogP contribution in [0.25, 0.3) is 0 Å². The van der Waals surface area contributed by atoms with Crippen LogP contribution in [-0.4, -0.2) is 19.3 Å². The van der Waals surface area contributed by atoms with Gasteiger partial charge in [0.1, 0.15) is 0 Å². The monoisotopic (exact) mass is 246 g/mol. The van der Waals surface area contributed by atoms with Gasteiger partial charge in [-0.05, 0) is 24.8 Å². The van der Waals surface area contributed by atoms with Crippen molar-refractivity contribution >= 4 is 0 Å². The fourth-order valence-corrected chi connectivity index (χ4v) is 3.67. The highest BCUT2D eigenvalue weighted by molar-refractivity contribution is 5.31. The fourth-order valence-electron chi connectivity index (χ4n) is 3.67. The Hall–Kier alpha value is -0.900. The van der Waals surface area contributed by atoms with Crippen molar-refractivity contribution < 1.29 is 4.74 Å². The van der Waals surface area contributed by atoms with Crippen molar-refractivity contribution in [1.29, 1.82) is 0 Å². The van der Waals surface area contributed by atoms with E-state index in [9.17, 15) is 0 Å². The van der Waals surface area contributed by atoms with Crippen LogP contribution >= 0.6 is 0 Å². The Balaban J connectivity index is 1.90. The average Bonchev–Trinajstić information content (AvgIpc) is 2.88. The Morgan fingerprint density at radius 1 is 1.28 bits per heavy atom. The Bertz CT molecular complexity index is 383. The summed E-state index contributed by atoms with van der Waals surface area (Å²) in [6, 6.07) is 11.2. The van der Waals surface area contributed by atoms with Gasteiger partial charge in [0.15, 0.2) is 0 Å². The van der Waals surface area contributed by atoms with E-state index in [-0.39, 0.29) is 5.41 Å². The maximum absolute atomic E-state index is 5.88. The van der Waals surface area contributed by atoms with Gasteiger partial charge in [-0.3, -0.25) is 11.3 Å². The average molecular weight is 246 g/mol. The third-order valence-electron chi connectivity index (χ3n) is 4.81. The molecule has 1 heterocycles. The van der Waals surface area contributed by atoms with Crippen molar-refractivity contribution in [3.63, 3.8) is 0 Å². The minimum absolute atomic E-state index is 0.231. The SMILES string of the molecule is NNC(C1CCOC1)C1(c2ccccc2)CCC1. The van der Waals surface area contributed by atoms with Crippen LogP contribution in [0.2, 0.25) is 0 Å². The van der Waals surface area contributed by atoms with Gasteiger partial charge in [0, 0.05) is 24.0 Å². The third kappa shape index (κ3) is 1.87. The van der Waals surface area contributed by atoms with E-state index in [0.29, 0.717) is 12.0 Å². The lowest BCUT2D eigenvalue weighted by Crippen LogP contribution is -2.58. The number of ether oxygens (including phenoxy) is 1. The molecule has 0 amide bonds. The zero-order valence-corrected chi connectivity index (χ0v) is 10.8. The van der Waals surface area contributed by atoms with Gasteiger partial charge < -0.3 is 4.74 Å². The predicted molar refractivity (Wildman–Crippen MR) is 72.0 cm³/mol. The molecule has 2 atom stereocenters. The molecule has 18 heavy (non-hydrogen) atoms.